The Bertz CT molecular complexity index is 969. The maximum atomic E-state index is 12.5. The van der Waals surface area contributed by atoms with Crippen LogP contribution in [0, 0.1) is 18.3 Å². The van der Waals surface area contributed by atoms with Gasteiger partial charge in [0.2, 0.25) is 0 Å². The molecule has 0 unspecified atom stereocenters. The van der Waals surface area contributed by atoms with Crippen LogP contribution in [-0.2, 0) is 0 Å². The Balaban J connectivity index is 2.34. The molecule has 2 aromatic carbocycles. The number of nitriles is 1. The number of nitrogen functional groups attached to an aromatic ring is 1. The van der Waals surface area contributed by atoms with E-state index < -0.39 is 5.69 Å². The van der Waals surface area contributed by atoms with E-state index in [0.717, 1.165) is 5.56 Å². The molecule has 0 atom stereocenters. The first-order valence-electron chi connectivity index (χ1n) is 7.07. The Morgan fingerprint density at radius 2 is 1.74 bits per heavy atom. The van der Waals surface area contributed by atoms with E-state index in [1.807, 2.05) is 43.3 Å². The molecule has 5 heteroatoms. The Morgan fingerprint density at radius 3 is 2.39 bits per heavy atom. The number of nitrogens with two attached hydrogens (primary N) is 1. The van der Waals surface area contributed by atoms with Crippen molar-refractivity contribution in [2.75, 3.05) is 5.73 Å². The largest absolute Gasteiger partial charge is 0.384 e. The molecular weight excluding hydrogens is 288 g/mol. The molecule has 5 nitrogen and oxygen atoms in total. The van der Waals surface area contributed by atoms with Crippen molar-refractivity contribution in [3.05, 3.63) is 76.2 Å². The van der Waals surface area contributed by atoms with Crippen molar-refractivity contribution in [2.45, 2.75) is 6.92 Å². The van der Waals surface area contributed by atoms with Crippen molar-refractivity contribution in [1.29, 1.82) is 5.26 Å². The number of benzene rings is 2. The van der Waals surface area contributed by atoms with Crippen molar-refractivity contribution < 1.29 is 0 Å². The van der Waals surface area contributed by atoms with Crippen molar-refractivity contribution in [3.8, 4) is 23.0 Å². The summed E-state index contributed by atoms with van der Waals surface area (Å²) in [6, 6.07) is 18.5. The molecule has 0 fully saturated rings. The number of aryl methyl sites for hydroxylation is 1. The van der Waals surface area contributed by atoms with E-state index in [2.05, 4.69) is 11.1 Å². The van der Waals surface area contributed by atoms with Crippen molar-refractivity contribution in [3.63, 3.8) is 0 Å². The predicted octanol–water partition coefficient (Wildman–Crippen LogP) is 2.66. The van der Waals surface area contributed by atoms with Gasteiger partial charge in [0.15, 0.2) is 0 Å². The van der Waals surface area contributed by atoms with E-state index in [1.165, 1.54) is 4.57 Å². The highest BCUT2D eigenvalue weighted by Gasteiger charge is 2.18. The van der Waals surface area contributed by atoms with Gasteiger partial charge >= 0.3 is 5.69 Å². The second kappa shape index (κ2) is 5.78. The van der Waals surface area contributed by atoms with Crippen LogP contribution in [0.3, 0.4) is 0 Å². The monoisotopic (exact) mass is 302 g/mol. The van der Waals surface area contributed by atoms with E-state index in [4.69, 9.17) is 5.73 Å². The quantitative estimate of drug-likeness (QED) is 0.788. The topological polar surface area (TPSA) is 84.7 Å². The van der Waals surface area contributed by atoms with Gasteiger partial charge in [0, 0.05) is 5.56 Å². The van der Waals surface area contributed by atoms with E-state index >= 15 is 0 Å². The highest BCUT2D eigenvalue weighted by atomic mass is 16.1. The molecule has 1 aromatic heterocycles. The third-order valence-corrected chi connectivity index (χ3v) is 3.65. The summed E-state index contributed by atoms with van der Waals surface area (Å²) in [6.07, 6.45) is 0. The van der Waals surface area contributed by atoms with Crippen LogP contribution in [0.25, 0.3) is 16.9 Å². The van der Waals surface area contributed by atoms with Gasteiger partial charge < -0.3 is 5.73 Å². The minimum Gasteiger partial charge on any atom is -0.384 e. The average molecular weight is 302 g/mol. The molecule has 0 saturated heterocycles. The summed E-state index contributed by atoms with van der Waals surface area (Å²) >= 11 is 0. The molecule has 0 aliphatic heterocycles. The summed E-state index contributed by atoms with van der Waals surface area (Å²) in [5, 5.41) is 9.51. The predicted molar refractivity (Wildman–Crippen MR) is 89.1 cm³/mol. The van der Waals surface area contributed by atoms with Gasteiger partial charge in [-0.2, -0.15) is 10.2 Å². The van der Waals surface area contributed by atoms with Gasteiger partial charge in [0.25, 0.3) is 0 Å². The van der Waals surface area contributed by atoms with Crippen molar-refractivity contribution in [1.82, 2.24) is 9.55 Å². The van der Waals surface area contributed by atoms with Gasteiger partial charge in [0.1, 0.15) is 17.5 Å². The van der Waals surface area contributed by atoms with E-state index in [0.29, 0.717) is 16.9 Å². The van der Waals surface area contributed by atoms with Crippen LogP contribution >= 0.6 is 0 Å². The fourth-order valence-electron chi connectivity index (χ4n) is 2.50. The van der Waals surface area contributed by atoms with E-state index in [1.54, 1.807) is 18.2 Å². The molecule has 1 heterocycles. The zero-order chi connectivity index (χ0) is 16.4. The highest BCUT2D eigenvalue weighted by Crippen LogP contribution is 2.25. The Morgan fingerprint density at radius 1 is 1.09 bits per heavy atom. The minimum atomic E-state index is -0.505. The summed E-state index contributed by atoms with van der Waals surface area (Å²) in [7, 11) is 0. The average Bonchev–Trinajstić information content (AvgIpc) is 2.57. The van der Waals surface area contributed by atoms with Crippen molar-refractivity contribution >= 4 is 5.82 Å². The summed E-state index contributed by atoms with van der Waals surface area (Å²) in [5.74, 6) is 0.0978. The van der Waals surface area contributed by atoms with Gasteiger partial charge in [0.05, 0.1) is 11.4 Å². The molecule has 0 amide bonds. The van der Waals surface area contributed by atoms with Crippen LogP contribution in [0.15, 0.2) is 59.4 Å². The number of rotatable bonds is 2. The molecule has 2 N–H and O–H groups in total. The van der Waals surface area contributed by atoms with Gasteiger partial charge in [-0.05, 0) is 18.6 Å². The van der Waals surface area contributed by atoms with Crippen LogP contribution in [0.5, 0.6) is 0 Å². The number of hydrogen-bond acceptors (Lipinski definition) is 4. The molecule has 0 spiro atoms. The van der Waals surface area contributed by atoms with Gasteiger partial charge in [-0.1, -0.05) is 48.5 Å². The molecule has 112 valence electrons. The van der Waals surface area contributed by atoms with Crippen LogP contribution in [-0.4, -0.2) is 9.55 Å². The first-order valence-corrected chi connectivity index (χ1v) is 7.07. The normalized spacial score (nSPS) is 10.3. The fourth-order valence-corrected chi connectivity index (χ4v) is 2.50. The number of aromatic nitrogens is 2. The number of hydrogen-bond donors (Lipinski definition) is 1. The molecule has 0 radical (unpaired) electrons. The smallest absolute Gasteiger partial charge is 0.354 e. The van der Waals surface area contributed by atoms with Gasteiger partial charge in [-0.3, -0.25) is 0 Å². The zero-order valence-corrected chi connectivity index (χ0v) is 12.5. The lowest BCUT2D eigenvalue weighted by molar-refractivity contribution is 0.918. The van der Waals surface area contributed by atoms with Crippen LogP contribution in [0.2, 0.25) is 0 Å². The fraction of sp³-hybridized carbons (Fsp3) is 0.0556. The number of nitrogens with zero attached hydrogens (tertiary/aromatic N) is 3. The first-order chi connectivity index (χ1) is 11.1. The maximum Gasteiger partial charge on any atom is 0.354 e. The standard InChI is InChI=1S/C18H14N4O/c1-12-7-5-6-10-15(12)22-17(20)14(11-19)16(21-18(22)23)13-8-3-2-4-9-13/h2-10H,20H2,1H3. The molecule has 3 aromatic rings. The Labute approximate surface area is 133 Å². The molecule has 0 bridgehead atoms. The summed E-state index contributed by atoms with van der Waals surface area (Å²) in [4.78, 5) is 16.6. The number of anilines is 1. The lowest BCUT2D eigenvalue weighted by atomic mass is 10.1. The SMILES string of the molecule is Cc1ccccc1-n1c(N)c(C#N)c(-c2ccccc2)nc1=O. The molecule has 3 rings (SSSR count). The zero-order valence-electron chi connectivity index (χ0n) is 12.5. The van der Waals surface area contributed by atoms with Gasteiger partial charge in [-0.15, -0.1) is 0 Å². The van der Waals surface area contributed by atoms with E-state index in [-0.39, 0.29) is 11.4 Å². The Hall–Kier alpha value is -3.39. The number of para-hydroxylation sites is 1. The Kier molecular flexibility index (Phi) is 3.65. The van der Waals surface area contributed by atoms with Crippen LogP contribution < -0.4 is 11.4 Å². The van der Waals surface area contributed by atoms with Crippen LogP contribution in [0.1, 0.15) is 11.1 Å². The maximum absolute atomic E-state index is 12.5. The third kappa shape index (κ3) is 2.47. The van der Waals surface area contributed by atoms with Crippen molar-refractivity contribution in [2.24, 2.45) is 0 Å². The summed E-state index contributed by atoms with van der Waals surface area (Å²) in [6.45, 7) is 1.87. The minimum absolute atomic E-state index is 0.0978. The lowest BCUT2D eigenvalue weighted by Crippen LogP contribution is -2.26. The second-order valence-corrected chi connectivity index (χ2v) is 5.10. The summed E-state index contributed by atoms with van der Waals surface area (Å²) < 4.78 is 1.28. The third-order valence-electron chi connectivity index (χ3n) is 3.65. The first kappa shape index (κ1) is 14.5. The van der Waals surface area contributed by atoms with Crippen LogP contribution in [0.4, 0.5) is 5.82 Å². The molecular formula is C18H14N4O. The second-order valence-electron chi connectivity index (χ2n) is 5.10. The highest BCUT2D eigenvalue weighted by molar-refractivity contribution is 5.72. The molecule has 0 aliphatic carbocycles. The summed E-state index contributed by atoms with van der Waals surface area (Å²) in [5.41, 5.74) is 8.31. The molecule has 23 heavy (non-hydrogen) atoms. The van der Waals surface area contributed by atoms with E-state index in [9.17, 15) is 10.1 Å². The lowest BCUT2D eigenvalue weighted by Gasteiger charge is -2.14. The molecule has 0 aliphatic rings. The molecule has 0 saturated carbocycles. The van der Waals surface area contributed by atoms with Gasteiger partial charge in [-0.25, -0.2) is 9.36 Å².